The Morgan fingerprint density at radius 2 is 1.92 bits per heavy atom. The topological polar surface area (TPSA) is 76.0 Å². The number of rotatable bonds is 6. The molecule has 0 fully saturated rings. The van der Waals surface area contributed by atoms with E-state index in [1.54, 1.807) is 10.9 Å². The van der Waals surface area contributed by atoms with Gasteiger partial charge in [-0.1, -0.05) is 31.5 Å². The molecule has 1 aromatic carbocycles. The third-order valence-corrected chi connectivity index (χ3v) is 3.86. The van der Waals surface area contributed by atoms with Gasteiger partial charge in [0, 0.05) is 24.8 Å². The first kappa shape index (κ1) is 18.7. The van der Waals surface area contributed by atoms with E-state index >= 15 is 0 Å². The van der Waals surface area contributed by atoms with Gasteiger partial charge in [-0.25, -0.2) is 0 Å². The summed E-state index contributed by atoms with van der Waals surface area (Å²) >= 11 is 0. The van der Waals surface area contributed by atoms with Gasteiger partial charge in [-0.3, -0.25) is 14.3 Å². The fraction of sp³-hybridized carbons (Fsp3) is 0.421. The molecule has 0 bridgehead atoms. The van der Waals surface area contributed by atoms with E-state index in [0.717, 1.165) is 11.1 Å². The Bertz CT molecular complexity index is 778. The van der Waals surface area contributed by atoms with Gasteiger partial charge in [0.05, 0.1) is 5.69 Å². The largest absolute Gasteiger partial charge is 0.350 e. The Morgan fingerprint density at radius 1 is 1.20 bits per heavy atom. The number of hydrogen-bond acceptors (Lipinski definition) is 3. The van der Waals surface area contributed by atoms with Crippen molar-refractivity contribution in [2.24, 2.45) is 5.92 Å². The van der Waals surface area contributed by atoms with Crippen LogP contribution in [0.15, 0.2) is 24.4 Å². The van der Waals surface area contributed by atoms with E-state index in [-0.39, 0.29) is 17.5 Å². The summed E-state index contributed by atoms with van der Waals surface area (Å²) in [6, 6.07) is 5.72. The van der Waals surface area contributed by atoms with Crippen LogP contribution in [0.5, 0.6) is 0 Å². The van der Waals surface area contributed by atoms with E-state index in [1.165, 1.54) is 0 Å². The van der Waals surface area contributed by atoms with Crippen molar-refractivity contribution in [1.82, 2.24) is 15.1 Å². The number of carbonyl (C=O) groups is 2. The lowest BCUT2D eigenvalue weighted by Crippen LogP contribution is -2.29. The number of aromatic nitrogens is 2. The first-order valence-electron chi connectivity index (χ1n) is 8.56. The van der Waals surface area contributed by atoms with Crippen LogP contribution >= 0.6 is 0 Å². The van der Waals surface area contributed by atoms with E-state index in [1.807, 2.05) is 52.8 Å². The molecule has 0 aliphatic carbocycles. The summed E-state index contributed by atoms with van der Waals surface area (Å²) in [6.45, 7) is 11.0. The maximum Gasteiger partial charge on any atom is 0.273 e. The first-order valence-corrected chi connectivity index (χ1v) is 8.56. The van der Waals surface area contributed by atoms with Crippen LogP contribution in [-0.4, -0.2) is 28.1 Å². The molecule has 0 atom stereocenters. The SMILES string of the molecule is CCn1cc(NC(=O)c2cc(C)ccc2C)c(C(=O)NCC(C)C)n1. The monoisotopic (exact) mass is 342 g/mol. The van der Waals surface area contributed by atoms with Gasteiger partial charge in [-0.05, 0) is 38.3 Å². The summed E-state index contributed by atoms with van der Waals surface area (Å²) < 4.78 is 1.64. The highest BCUT2D eigenvalue weighted by molar-refractivity contribution is 6.08. The third-order valence-electron chi connectivity index (χ3n) is 3.86. The Hall–Kier alpha value is -2.63. The minimum absolute atomic E-state index is 0.237. The minimum atomic E-state index is -0.280. The van der Waals surface area contributed by atoms with Gasteiger partial charge in [0.1, 0.15) is 0 Å². The molecule has 0 saturated heterocycles. The van der Waals surface area contributed by atoms with Crippen LogP contribution in [-0.2, 0) is 6.54 Å². The van der Waals surface area contributed by atoms with Gasteiger partial charge in [-0.15, -0.1) is 0 Å². The quantitative estimate of drug-likeness (QED) is 0.846. The molecule has 0 radical (unpaired) electrons. The zero-order chi connectivity index (χ0) is 18.6. The number of benzene rings is 1. The van der Waals surface area contributed by atoms with Crippen LogP contribution in [0.1, 0.15) is 52.7 Å². The molecule has 2 amide bonds. The lowest BCUT2D eigenvalue weighted by atomic mass is 10.1. The number of nitrogens with one attached hydrogen (secondary N) is 2. The molecule has 134 valence electrons. The maximum atomic E-state index is 12.6. The van der Waals surface area contributed by atoms with Crippen molar-refractivity contribution in [3.05, 3.63) is 46.8 Å². The number of hydrogen-bond donors (Lipinski definition) is 2. The predicted molar refractivity (Wildman–Crippen MR) is 98.9 cm³/mol. The Balaban J connectivity index is 2.26. The molecular weight excluding hydrogens is 316 g/mol. The van der Waals surface area contributed by atoms with E-state index in [0.29, 0.717) is 30.3 Å². The van der Waals surface area contributed by atoms with Crippen LogP contribution in [0, 0.1) is 19.8 Å². The molecule has 1 heterocycles. The number of aryl methyl sites for hydroxylation is 3. The molecule has 6 heteroatoms. The van der Waals surface area contributed by atoms with Gasteiger partial charge in [-0.2, -0.15) is 5.10 Å². The second-order valence-electron chi connectivity index (χ2n) is 6.62. The lowest BCUT2D eigenvalue weighted by Gasteiger charge is -2.09. The van der Waals surface area contributed by atoms with Crippen molar-refractivity contribution >= 4 is 17.5 Å². The normalized spacial score (nSPS) is 10.8. The summed E-state index contributed by atoms with van der Waals surface area (Å²) in [6.07, 6.45) is 1.69. The number of amides is 2. The summed E-state index contributed by atoms with van der Waals surface area (Å²) in [5, 5.41) is 9.96. The Labute approximate surface area is 148 Å². The molecule has 6 nitrogen and oxygen atoms in total. The van der Waals surface area contributed by atoms with Crippen molar-refractivity contribution in [3.63, 3.8) is 0 Å². The molecule has 2 N–H and O–H groups in total. The summed E-state index contributed by atoms with van der Waals surface area (Å²) in [4.78, 5) is 25.0. The lowest BCUT2D eigenvalue weighted by molar-refractivity contribution is 0.0944. The van der Waals surface area contributed by atoms with Gasteiger partial charge in [0.25, 0.3) is 11.8 Å². The number of anilines is 1. The molecule has 25 heavy (non-hydrogen) atoms. The van der Waals surface area contributed by atoms with Gasteiger partial charge < -0.3 is 10.6 Å². The zero-order valence-corrected chi connectivity index (χ0v) is 15.5. The molecule has 0 aliphatic rings. The fourth-order valence-electron chi connectivity index (χ4n) is 2.39. The van der Waals surface area contributed by atoms with Crippen LogP contribution in [0.3, 0.4) is 0 Å². The third kappa shape index (κ3) is 4.68. The average molecular weight is 342 g/mol. The molecule has 0 saturated carbocycles. The van der Waals surface area contributed by atoms with Crippen molar-refractivity contribution in [1.29, 1.82) is 0 Å². The molecule has 2 aromatic rings. The van der Waals surface area contributed by atoms with E-state index in [4.69, 9.17) is 0 Å². The van der Waals surface area contributed by atoms with Crippen LogP contribution in [0.25, 0.3) is 0 Å². The molecule has 1 aromatic heterocycles. The van der Waals surface area contributed by atoms with Crippen molar-refractivity contribution < 1.29 is 9.59 Å². The zero-order valence-electron chi connectivity index (χ0n) is 15.5. The summed E-state index contributed by atoms with van der Waals surface area (Å²) in [5.41, 5.74) is 3.15. The maximum absolute atomic E-state index is 12.6. The molecule has 0 spiro atoms. The first-order chi connectivity index (χ1) is 11.8. The molecule has 2 rings (SSSR count). The molecule has 0 aliphatic heterocycles. The molecular formula is C19H26N4O2. The van der Waals surface area contributed by atoms with Crippen LogP contribution < -0.4 is 10.6 Å². The predicted octanol–water partition coefficient (Wildman–Crippen LogP) is 3.16. The van der Waals surface area contributed by atoms with Gasteiger partial charge in [0.15, 0.2) is 5.69 Å². The Morgan fingerprint density at radius 3 is 2.56 bits per heavy atom. The Kier molecular flexibility index (Phi) is 5.96. The van der Waals surface area contributed by atoms with E-state index < -0.39 is 0 Å². The average Bonchev–Trinajstić information content (AvgIpc) is 2.97. The van der Waals surface area contributed by atoms with E-state index in [9.17, 15) is 9.59 Å². The highest BCUT2D eigenvalue weighted by Gasteiger charge is 2.20. The van der Waals surface area contributed by atoms with Crippen LogP contribution in [0.2, 0.25) is 0 Å². The van der Waals surface area contributed by atoms with E-state index in [2.05, 4.69) is 15.7 Å². The highest BCUT2D eigenvalue weighted by atomic mass is 16.2. The smallest absolute Gasteiger partial charge is 0.273 e. The van der Waals surface area contributed by atoms with Crippen molar-refractivity contribution in [2.45, 2.75) is 41.2 Å². The number of carbonyl (C=O) groups excluding carboxylic acids is 2. The van der Waals surface area contributed by atoms with Gasteiger partial charge >= 0.3 is 0 Å². The van der Waals surface area contributed by atoms with Crippen molar-refractivity contribution in [2.75, 3.05) is 11.9 Å². The van der Waals surface area contributed by atoms with Crippen LogP contribution in [0.4, 0.5) is 5.69 Å². The molecule has 0 unspecified atom stereocenters. The highest BCUT2D eigenvalue weighted by Crippen LogP contribution is 2.18. The van der Waals surface area contributed by atoms with Crippen molar-refractivity contribution in [3.8, 4) is 0 Å². The second kappa shape index (κ2) is 7.96. The summed E-state index contributed by atoms with van der Waals surface area (Å²) in [7, 11) is 0. The van der Waals surface area contributed by atoms with Gasteiger partial charge in [0.2, 0.25) is 0 Å². The second-order valence-corrected chi connectivity index (χ2v) is 6.62. The minimum Gasteiger partial charge on any atom is -0.350 e. The summed E-state index contributed by atoms with van der Waals surface area (Å²) in [5.74, 6) is -0.183. The number of nitrogens with zero attached hydrogens (tertiary/aromatic N) is 2. The standard InChI is InChI=1S/C19H26N4O2/c1-6-23-11-16(17(22-23)19(25)20-10-12(2)3)21-18(24)15-9-13(4)7-8-14(15)5/h7-9,11-12H,6,10H2,1-5H3,(H,20,25)(H,21,24). The fourth-order valence-corrected chi connectivity index (χ4v) is 2.39.